The highest BCUT2D eigenvalue weighted by atomic mass is 19.2. The van der Waals surface area contributed by atoms with Gasteiger partial charge in [0.2, 0.25) is 0 Å². The van der Waals surface area contributed by atoms with Crippen molar-refractivity contribution in [3.63, 3.8) is 0 Å². The number of benzene rings is 2. The van der Waals surface area contributed by atoms with Crippen molar-refractivity contribution in [2.45, 2.75) is 6.92 Å². The van der Waals surface area contributed by atoms with E-state index in [9.17, 15) is 13.6 Å². The van der Waals surface area contributed by atoms with Crippen LogP contribution in [0.15, 0.2) is 53.1 Å². The molecule has 1 heterocycles. The highest BCUT2D eigenvalue weighted by Crippen LogP contribution is 2.29. The monoisotopic (exact) mass is 329 g/mol. The van der Waals surface area contributed by atoms with Crippen LogP contribution in [-0.4, -0.2) is 11.2 Å². The summed E-state index contributed by atoms with van der Waals surface area (Å²) in [6.45, 7) is 1.66. The third-order valence-corrected chi connectivity index (χ3v) is 3.33. The van der Waals surface area contributed by atoms with E-state index in [-0.39, 0.29) is 5.69 Å². The molecule has 0 aliphatic carbocycles. The topological polar surface area (TPSA) is 67.2 Å². The van der Waals surface area contributed by atoms with Crippen LogP contribution in [0.5, 0.6) is 0 Å². The van der Waals surface area contributed by atoms with E-state index >= 15 is 0 Å². The molecule has 0 fully saturated rings. The Morgan fingerprint density at radius 1 is 1.04 bits per heavy atom. The van der Waals surface area contributed by atoms with Crippen molar-refractivity contribution >= 4 is 17.4 Å². The van der Waals surface area contributed by atoms with Crippen LogP contribution in [0.4, 0.5) is 25.0 Å². The van der Waals surface area contributed by atoms with E-state index in [1.165, 1.54) is 6.07 Å². The summed E-state index contributed by atoms with van der Waals surface area (Å²) in [6.07, 6.45) is 0. The summed E-state index contributed by atoms with van der Waals surface area (Å²) in [7, 11) is 0. The Bertz CT molecular complexity index is 879. The largest absolute Gasteiger partial charge is 0.359 e. The van der Waals surface area contributed by atoms with Crippen molar-refractivity contribution in [2.75, 3.05) is 10.6 Å². The van der Waals surface area contributed by atoms with E-state index < -0.39 is 17.7 Å². The van der Waals surface area contributed by atoms with Gasteiger partial charge in [0.1, 0.15) is 11.4 Å². The molecule has 0 saturated heterocycles. The number of hydrogen-bond acceptors (Lipinski definition) is 3. The van der Waals surface area contributed by atoms with Gasteiger partial charge in [0.25, 0.3) is 0 Å². The van der Waals surface area contributed by atoms with Gasteiger partial charge in [-0.2, -0.15) is 0 Å². The number of hydrogen-bond donors (Lipinski definition) is 2. The lowest BCUT2D eigenvalue weighted by Crippen LogP contribution is -2.20. The maximum atomic E-state index is 13.2. The van der Waals surface area contributed by atoms with Gasteiger partial charge in [0.05, 0.1) is 0 Å². The summed E-state index contributed by atoms with van der Waals surface area (Å²) < 4.78 is 31.2. The summed E-state index contributed by atoms with van der Waals surface area (Å²) >= 11 is 0. The van der Waals surface area contributed by atoms with Gasteiger partial charge in [-0.25, -0.2) is 13.6 Å². The van der Waals surface area contributed by atoms with Gasteiger partial charge >= 0.3 is 6.03 Å². The van der Waals surface area contributed by atoms with E-state index in [1.54, 1.807) is 6.92 Å². The van der Waals surface area contributed by atoms with Crippen molar-refractivity contribution < 1.29 is 18.1 Å². The van der Waals surface area contributed by atoms with Crippen LogP contribution < -0.4 is 10.6 Å². The number of halogens is 2. The lowest BCUT2D eigenvalue weighted by atomic mass is 10.1. The van der Waals surface area contributed by atoms with Gasteiger partial charge in [-0.3, -0.25) is 0 Å². The molecule has 24 heavy (non-hydrogen) atoms. The first kappa shape index (κ1) is 15.7. The molecule has 7 heteroatoms. The first-order chi connectivity index (χ1) is 11.5. The smallest absolute Gasteiger partial charge is 0.323 e. The maximum absolute atomic E-state index is 13.2. The van der Waals surface area contributed by atoms with Crippen LogP contribution in [0.1, 0.15) is 5.76 Å². The number of rotatable bonds is 3. The minimum absolute atomic E-state index is 0.127. The number of carbonyl (C=O) groups excluding carboxylic acids is 1. The van der Waals surface area contributed by atoms with Crippen LogP contribution in [0.25, 0.3) is 11.3 Å². The highest BCUT2D eigenvalue weighted by Gasteiger charge is 2.17. The summed E-state index contributed by atoms with van der Waals surface area (Å²) in [6, 6.07) is 11.7. The second kappa shape index (κ2) is 6.49. The normalized spacial score (nSPS) is 10.5. The molecule has 0 atom stereocenters. The third-order valence-electron chi connectivity index (χ3n) is 3.33. The average molecular weight is 329 g/mol. The molecule has 0 spiro atoms. The molecule has 0 bridgehead atoms. The number of aromatic nitrogens is 1. The van der Waals surface area contributed by atoms with Gasteiger partial charge < -0.3 is 15.2 Å². The van der Waals surface area contributed by atoms with Crippen LogP contribution in [0, 0.1) is 18.6 Å². The Kier molecular flexibility index (Phi) is 4.24. The number of nitrogens with one attached hydrogen (secondary N) is 2. The van der Waals surface area contributed by atoms with E-state index in [2.05, 4.69) is 15.8 Å². The molecule has 0 aliphatic heterocycles. The quantitative estimate of drug-likeness (QED) is 0.739. The van der Waals surface area contributed by atoms with Gasteiger partial charge in [-0.1, -0.05) is 35.5 Å². The Morgan fingerprint density at radius 3 is 2.50 bits per heavy atom. The van der Waals surface area contributed by atoms with Gasteiger partial charge in [-0.15, -0.1) is 0 Å². The summed E-state index contributed by atoms with van der Waals surface area (Å²) in [5.41, 5.74) is 1.79. The molecule has 122 valence electrons. The molecular formula is C17H13F2N3O2. The zero-order valence-electron chi connectivity index (χ0n) is 12.6. The zero-order chi connectivity index (χ0) is 17.1. The number of anilines is 2. The first-order valence-electron chi connectivity index (χ1n) is 7.09. The number of amides is 2. The minimum Gasteiger partial charge on any atom is -0.359 e. The number of nitrogens with zero attached hydrogens (tertiary/aromatic N) is 1. The lowest BCUT2D eigenvalue weighted by molar-refractivity contribution is 0.262. The fraction of sp³-hybridized carbons (Fsp3) is 0.0588. The van der Waals surface area contributed by atoms with Crippen LogP contribution >= 0.6 is 0 Å². The summed E-state index contributed by atoms with van der Waals surface area (Å²) in [4.78, 5) is 12.1. The second-order valence-corrected chi connectivity index (χ2v) is 5.04. The van der Waals surface area contributed by atoms with Crippen molar-refractivity contribution in [1.29, 1.82) is 0 Å². The van der Waals surface area contributed by atoms with Crippen molar-refractivity contribution in [2.24, 2.45) is 0 Å². The van der Waals surface area contributed by atoms with Crippen molar-refractivity contribution in [1.82, 2.24) is 5.16 Å². The average Bonchev–Trinajstić information content (AvgIpc) is 2.93. The highest BCUT2D eigenvalue weighted by molar-refractivity contribution is 6.02. The van der Waals surface area contributed by atoms with E-state index in [4.69, 9.17) is 4.52 Å². The molecular weight excluding hydrogens is 316 g/mol. The van der Waals surface area contributed by atoms with Crippen LogP contribution in [-0.2, 0) is 0 Å². The van der Waals surface area contributed by atoms with Crippen molar-refractivity contribution in [3.05, 3.63) is 65.9 Å². The molecule has 2 aromatic carbocycles. The molecule has 0 unspecified atom stereocenters. The fourth-order valence-electron chi connectivity index (χ4n) is 2.16. The van der Waals surface area contributed by atoms with E-state index in [0.29, 0.717) is 17.1 Å². The Hall–Kier alpha value is -3.22. The fourth-order valence-corrected chi connectivity index (χ4v) is 2.16. The lowest BCUT2D eigenvalue weighted by Gasteiger charge is -2.08. The Labute approximate surface area is 136 Å². The van der Waals surface area contributed by atoms with Crippen LogP contribution in [0.3, 0.4) is 0 Å². The minimum atomic E-state index is -1.04. The predicted molar refractivity (Wildman–Crippen MR) is 85.7 cm³/mol. The standard InChI is InChI=1S/C17H13F2N3O2/c1-10-15(16(22-24-10)11-5-3-2-4-6-11)21-17(23)20-12-7-8-13(18)14(19)9-12/h2-9H,1H3,(H2,20,21,23). The summed E-state index contributed by atoms with van der Waals surface area (Å²) in [5.74, 6) is -1.60. The number of carbonyl (C=O) groups is 1. The molecule has 0 radical (unpaired) electrons. The number of aryl methyl sites for hydroxylation is 1. The third kappa shape index (κ3) is 3.24. The SMILES string of the molecule is Cc1onc(-c2ccccc2)c1NC(=O)Nc1ccc(F)c(F)c1. The molecule has 3 aromatic rings. The first-order valence-corrected chi connectivity index (χ1v) is 7.09. The molecule has 2 amide bonds. The van der Waals surface area contributed by atoms with E-state index in [0.717, 1.165) is 17.7 Å². The summed E-state index contributed by atoms with van der Waals surface area (Å²) in [5, 5.41) is 8.99. The Balaban J connectivity index is 1.80. The molecule has 0 saturated carbocycles. The van der Waals surface area contributed by atoms with Gasteiger partial charge in [0.15, 0.2) is 17.4 Å². The molecule has 1 aromatic heterocycles. The molecule has 5 nitrogen and oxygen atoms in total. The van der Waals surface area contributed by atoms with Crippen molar-refractivity contribution in [3.8, 4) is 11.3 Å². The molecule has 3 rings (SSSR count). The Morgan fingerprint density at radius 2 is 1.79 bits per heavy atom. The van der Waals surface area contributed by atoms with E-state index in [1.807, 2.05) is 30.3 Å². The predicted octanol–water partition coefficient (Wildman–Crippen LogP) is 4.57. The van der Waals surface area contributed by atoms with Gasteiger partial charge in [-0.05, 0) is 19.1 Å². The second-order valence-electron chi connectivity index (χ2n) is 5.04. The molecule has 2 N–H and O–H groups in total. The maximum Gasteiger partial charge on any atom is 0.323 e. The van der Waals surface area contributed by atoms with Crippen LogP contribution in [0.2, 0.25) is 0 Å². The number of urea groups is 1. The molecule has 0 aliphatic rings. The zero-order valence-corrected chi connectivity index (χ0v) is 12.6. The van der Waals surface area contributed by atoms with Gasteiger partial charge in [0, 0.05) is 17.3 Å².